The molecule has 1 N–H and O–H groups in total. The molecule has 1 aromatic heterocycles. The lowest BCUT2D eigenvalue weighted by atomic mass is 10.0. The molecule has 150 valence electrons. The normalized spacial score (nSPS) is 24.7. The molecule has 0 radical (unpaired) electrons. The van der Waals surface area contributed by atoms with E-state index < -0.39 is 0 Å². The number of β-amino-alcohol motifs (C(OH)–C–C–N with tert-alkyl or cyclic N) is 1. The van der Waals surface area contributed by atoms with E-state index in [2.05, 4.69) is 39.8 Å². The van der Waals surface area contributed by atoms with Gasteiger partial charge in [-0.1, -0.05) is 0 Å². The summed E-state index contributed by atoms with van der Waals surface area (Å²) in [6.45, 7) is 9.15. The summed E-state index contributed by atoms with van der Waals surface area (Å²) in [7, 11) is 4.25. The molecule has 4 rings (SSSR count). The predicted octanol–water partition coefficient (Wildman–Crippen LogP) is -0.155. The van der Waals surface area contributed by atoms with Gasteiger partial charge in [-0.05, 0) is 20.5 Å². The molecule has 0 aliphatic carbocycles. The van der Waals surface area contributed by atoms with Gasteiger partial charge in [-0.15, -0.1) is 0 Å². The van der Waals surface area contributed by atoms with Crippen molar-refractivity contribution in [1.82, 2.24) is 19.8 Å². The van der Waals surface area contributed by atoms with E-state index in [1.807, 2.05) is 0 Å². The van der Waals surface area contributed by atoms with Crippen LogP contribution >= 0.6 is 0 Å². The van der Waals surface area contributed by atoms with Gasteiger partial charge in [0.2, 0.25) is 5.95 Å². The highest BCUT2D eigenvalue weighted by molar-refractivity contribution is 5.48. The minimum atomic E-state index is -0.254. The fourth-order valence-electron chi connectivity index (χ4n) is 3.88. The van der Waals surface area contributed by atoms with Crippen molar-refractivity contribution >= 4 is 11.8 Å². The zero-order chi connectivity index (χ0) is 18.8. The van der Waals surface area contributed by atoms with Gasteiger partial charge in [-0.3, -0.25) is 4.90 Å². The molecule has 0 spiro atoms. The lowest BCUT2D eigenvalue weighted by Gasteiger charge is -2.38. The van der Waals surface area contributed by atoms with Crippen LogP contribution < -0.4 is 9.80 Å². The summed E-state index contributed by atoms with van der Waals surface area (Å²) in [5.41, 5.74) is 1.09. The van der Waals surface area contributed by atoms with Gasteiger partial charge in [-0.2, -0.15) is 4.98 Å². The first-order valence-corrected chi connectivity index (χ1v) is 10.1. The summed E-state index contributed by atoms with van der Waals surface area (Å²) in [5, 5.41) is 9.66. The molecular weight excluding hydrogens is 344 g/mol. The molecule has 3 saturated heterocycles. The first kappa shape index (κ1) is 18.9. The molecule has 3 aliphatic heterocycles. The number of hydrogen-bond acceptors (Lipinski definition) is 8. The van der Waals surface area contributed by atoms with Crippen molar-refractivity contribution in [1.29, 1.82) is 0 Å². The minimum absolute atomic E-state index is 0.254. The number of likely N-dealkylation sites (N-methyl/N-ethyl adjacent to an activating group) is 1. The van der Waals surface area contributed by atoms with E-state index in [0.717, 1.165) is 76.4 Å². The third-order valence-electron chi connectivity index (χ3n) is 5.77. The summed E-state index contributed by atoms with van der Waals surface area (Å²) >= 11 is 0. The Morgan fingerprint density at radius 1 is 1.15 bits per heavy atom. The van der Waals surface area contributed by atoms with E-state index in [1.54, 1.807) is 0 Å². The van der Waals surface area contributed by atoms with E-state index in [0.29, 0.717) is 19.0 Å². The Bertz CT molecular complexity index is 623. The molecule has 1 atom stereocenters. The lowest BCUT2D eigenvalue weighted by Crippen LogP contribution is -2.52. The van der Waals surface area contributed by atoms with Crippen LogP contribution in [0.25, 0.3) is 0 Å². The van der Waals surface area contributed by atoms with Gasteiger partial charge in [0.05, 0.1) is 18.4 Å². The molecule has 27 heavy (non-hydrogen) atoms. The van der Waals surface area contributed by atoms with Crippen molar-refractivity contribution in [2.75, 3.05) is 89.5 Å². The van der Waals surface area contributed by atoms with E-state index in [4.69, 9.17) is 14.7 Å². The van der Waals surface area contributed by atoms with Crippen molar-refractivity contribution < 1.29 is 9.84 Å². The molecular formula is C19H32N6O2. The Kier molecular flexibility index (Phi) is 5.77. The number of nitrogens with zero attached hydrogens (tertiary/aromatic N) is 6. The number of anilines is 2. The Hall–Kier alpha value is -1.48. The zero-order valence-corrected chi connectivity index (χ0v) is 16.5. The highest BCUT2D eigenvalue weighted by Crippen LogP contribution is 2.29. The van der Waals surface area contributed by atoms with E-state index in [9.17, 15) is 5.11 Å². The van der Waals surface area contributed by atoms with Crippen molar-refractivity contribution in [2.45, 2.75) is 18.4 Å². The maximum atomic E-state index is 9.66. The Morgan fingerprint density at radius 3 is 2.56 bits per heavy atom. The first-order chi connectivity index (χ1) is 13.1. The number of ether oxygens (including phenoxy) is 1. The van der Waals surface area contributed by atoms with Gasteiger partial charge >= 0.3 is 0 Å². The molecule has 1 unspecified atom stereocenters. The fourth-order valence-corrected chi connectivity index (χ4v) is 3.88. The Balaban J connectivity index is 1.46. The molecule has 8 heteroatoms. The Labute approximate surface area is 161 Å². The zero-order valence-electron chi connectivity index (χ0n) is 16.5. The van der Waals surface area contributed by atoms with Crippen molar-refractivity contribution in [3.63, 3.8) is 0 Å². The number of aliphatic hydroxyl groups is 1. The molecule has 0 saturated carbocycles. The molecule has 8 nitrogen and oxygen atoms in total. The number of hydrogen-bond donors (Lipinski definition) is 1. The summed E-state index contributed by atoms with van der Waals surface area (Å²) < 4.78 is 5.58. The summed E-state index contributed by atoms with van der Waals surface area (Å²) in [6, 6.07) is 2.16. The second-order valence-electron chi connectivity index (χ2n) is 8.20. The molecule has 3 aliphatic rings. The number of piperazine rings is 1. The monoisotopic (exact) mass is 376 g/mol. The maximum absolute atomic E-state index is 9.66. The van der Waals surface area contributed by atoms with Gasteiger partial charge in [0, 0.05) is 70.9 Å². The average molecular weight is 377 g/mol. The van der Waals surface area contributed by atoms with Crippen LogP contribution in [0.1, 0.15) is 18.0 Å². The molecule has 1 aromatic rings. The fraction of sp³-hybridized carbons (Fsp3) is 0.789. The maximum Gasteiger partial charge on any atom is 0.227 e. The van der Waals surface area contributed by atoms with Crippen LogP contribution in [0.2, 0.25) is 0 Å². The molecule has 4 heterocycles. The van der Waals surface area contributed by atoms with E-state index >= 15 is 0 Å². The van der Waals surface area contributed by atoms with Gasteiger partial charge in [0.25, 0.3) is 0 Å². The topological polar surface area (TPSA) is 68.2 Å². The van der Waals surface area contributed by atoms with Crippen molar-refractivity contribution in [3.8, 4) is 0 Å². The third kappa shape index (κ3) is 4.51. The SMILES string of the molecule is CN(C)CCN1CCN(c2cc(C3CCOC3)nc(N3CC(O)C3)n2)CC1. The van der Waals surface area contributed by atoms with Crippen LogP contribution in [-0.2, 0) is 4.74 Å². The van der Waals surface area contributed by atoms with Crippen molar-refractivity contribution in [2.24, 2.45) is 0 Å². The molecule has 0 amide bonds. The Morgan fingerprint density at radius 2 is 1.93 bits per heavy atom. The second-order valence-corrected chi connectivity index (χ2v) is 8.20. The van der Waals surface area contributed by atoms with Gasteiger partial charge in [0.15, 0.2) is 0 Å². The molecule has 0 aromatic carbocycles. The van der Waals surface area contributed by atoms with Crippen LogP contribution in [0.4, 0.5) is 11.8 Å². The van der Waals surface area contributed by atoms with Gasteiger partial charge in [0.1, 0.15) is 5.82 Å². The standard InChI is InChI=1S/C19H32N6O2/c1-22(2)4-5-23-6-8-24(9-7-23)18-11-17(15-3-10-27-14-15)20-19(21-18)25-12-16(26)13-25/h11,15-16,26H,3-10,12-14H2,1-2H3. The highest BCUT2D eigenvalue weighted by Gasteiger charge is 2.30. The number of aliphatic hydroxyl groups excluding tert-OH is 1. The third-order valence-corrected chi connectivity index (χ3v) is 5.77. The van der Waals surface area contributed by atoms with Crippen LogP contribution in [0, 0.1) is 0 Å². The van der Waals surface area contributed by atoms with Crippen LogP contribution in [0.3, 0.4) is 0 Å². The average Bonchev–Trinajstić information content (AvgIpc) is 3.19. The summed E-state index contributed by atoms with van der Waals surface area (Å²) in [4.78, 5) is 18.9. The lowest BCUT2D eigenvalue weighted by molar-refractivity contribution is 0.140. The van der Waals surface area contributed by atoms with Crippen LogP contribution in [0.5, 0.6) is 0 Å². The summed E-state index contributed by atoms with van der Waals surface area (Å²) in [6.07, 6.45) is 0.771. The highest BCUT2D eigenvalue weighted by atomic mass is 16.5. The van der Waals surface area contributed by atoms with Gasteiger partial charge in [-0.25, -0.2) is 4.98 Å². The summed E-state index contributed by atoms with van der Waals surface area (Å²) in [5.74, 6) is 2.14. The van der Waals surface area contributed by atoms with E-state index in [-0.39, 0.29) is 6.10 Å². The van der Waals surface area contributed by atoms with Crippen LogP contribution in [-0.4, -0.2) is 111 Å². The van der Waals surface area contributed by atoms with E-state index in [1.165, 1.54) is 0 Å². The minimum Gasteiger partial charge on any atom is -0.389 e. The number of aromatic nitrogens is 2. The second kappa shape index (κ2) is 8.26. The van der Waals surface area contributed by atoms with Crippen molar-refractivity contribution in [3.05, 3.63) is 11.8 Å². The predicted molar refractivity (Wildman–Crippen MR) is 106 cm³/mol. The molecule has 0 bridgehead atoms. The number of rotatable bonds is 6. The smallest absolute Gasteiger partial charge is 0.227 e. The largest absolute Gasteiger partial charge is 0.389 e. The first-order valence-electron chi connectivity index (χ1n) is 10.1. The quantitative estimate of drug-likeness (QED) is 0.735. The molecule has 3 fully saturated rings. The van der Waals surface area contributed by atoms with Gasteiger partial charge < -0.3 is 24.5 Å². The van der Waals surface area contributed by atoms with Crippen LogP contribution in [0.15, 0.2) is 6.07 Å².